The smallest absolute Gasteiger partial charge is 0.288 e. The molecule has 2 atom stereocenters. The summed E-state index contributed by atoms with van der Waals surface area (Å²) < 4.78 is 19.7. The van der Waals surface area contributed by atoms with Crippen molar-refractivity contribution in [3.8, 4) is 0 Å². The van der Waals surface area contributed by atoms with Crippen molar-refractivity contribution >= 4 is 6.02 Å². The Morgan fingerprint density at radius 1 is 1.15 bits per heavy atom. The van der Waals surface area contributed by atoms with Gasteiger partial charge in [-0.2, -0.15) is 0 Å². The van der Waals surface area contributed by atoms with Crippen LogP contribution in [-0.4, -0.2) is 42.7 Å². The van der Waals surface area contributed by atoms with E-state index in [1.54, 1.807) is 0 Å². The van der Waals surface area contributed by atoms with E-state index in [2.05, 4.69) is 34.5 Å². The van der Waals surface area contributed by atoms with Crippen LogP contribution in [0.25, 0.3) is 0 Å². The number of aliphatic imine (C=N–C) groups is 1. The van der Waals surface area contributed by atoms with Gasteiger partial charge in [0.2, 0.25) is 0 Å². The average Bonchev–Trinajstić information content (AvgIpc) is 3.11. The standard InChI is InChI=1S/C22H24FN3O/c23-18-8-6-17(7-9-18)20-19-5-2-1-4-16(19)10-13-26(20)21-25-22(15-27-21)11-3-12-24-14-22/h1-2,4-9,20,24H,3,10-15H2/t20-,22-/m0/s1. The topological polar surface area (TPSA) is 36.9 Å². The predicted octanol–water partition coefficient (Wildman–Crippen LogP) is 3.28. The maximum Gasteiger partial charge on any atom is 0.288 e. The first-order valence-electron chi connectivity index (χ1n) is 9.77. The molecule has 2 aromatic rings. The Morgan fingerprint density at radius 3 is 2.81 bits per heavy atom. The van der Waals surface area contributed by atoms with Crippen molar-refractivity contribution in [2.75, 3.05) is 26.2 Å². The zero-order valence-electron chi connectivity index (χ0n) is 15.3. The second-order valence-corrected chi connectivity index (χ2v) is 7.78. The van der Waals surface area contributed by atoms with Crippen molar-refractivity contribution in [2.45, 2.75) is 30.8 Å². The quantitative estimate of drug-likeness (QED) is 0.843. The summed E-state index contributed by atoms with van der Waals surface area (Å²) in [5.41, 5.74) is 3.54. The molecule has 4 nitrogen and oxygen atoms in total. The number of nitrogens with one attached hydrogen (secondary N) is 1. The number of amidine groups is 1. The van der Waals surface area contributed by atoms with E-state index in [9.17, 15) is 4.39 Å². The Hall–Kier alpha value is -2.40. The van der Waals surface area contributed by atoms with Crippen LogP contribution in [0.4, 0.5) is 4.39 Å². The summed E-state index contributed by atoms with van der Waals surface area (Å²) in [7, 11) is 0. The normalized spacial score (nSPS) is 27.2. The van der Waals surface area contributed by atoms with E-state index in [1.165, 1.54) is 23.3 Å². The van der Waals surface area contributed by atoms with Gasteiger partial charge in [-0.3, -0.25) is 0 Å². The second kappa shape index (κ2) is 6.64. The van der Waals surface area contributed by atoms with Gasteiger partial charge in [-0.15, -0.1) is 0 Å². The molecule has 0 bridgehead atoms. The first-order valence-corrected chi connectivity index (χ1v) is 9.77. The molecular formula is C22H24FN3O. The summed E-state index contributed by atoms with van der Waals surface area (Å²) in [6.07, 6.45) is 3.15. The molecule has 1 spiro atoms. The number of piperidine rings is 1. The molecule has 3 aliphatic heterocycles. The average molecular weight is 365 g/mol. The Kier molecular flexibility index (Phi) is 4.12. The number of hydrogen-bond acceptors (Lipinski definition) is 4. The molecule has 0 aliphatic carbocycles. The van der Waals surface area contributed by atoms with E-state index in [-0.39, 0.29) is 17.4 Å². The molecule has 0 saturated carbocycles. The fraction of sp³-hybridized carbons (Fsp3) is 0.409. The maximum absolute atomic E-state index is 13.5. The molecule has 1 fully saturated rings. The van der Waals surface area contributed by atoms with Gasteiger partial charge in [-0.1, -0.05) is 36.4 Å². The lowest BCUT2D eigenvalue weighted by Gasteiger charge is -2.38. The number of halogens is 1. The molecule has 0 radical (unpaired) electrons. The van der Waals surface area contributed by atoms with Crippen molar-refractivity contribution in [2.24, 2.45) is 4.99 Å². The fourth-order valence-corrected chi connectivity index (χ4v) is 4.56. The molecule has 27 heavy (non-hydrogen) atoms. The first-order chi connectivity index (χ1) is 13.2. The van der Waals surface area contributed by atoms with E-state index in [0.717, 1.165) is 50.5 Å². The minimum absolute atomic E-state index is 0.000926. The fourth-order valence-electron chi connectivity index (χ4n) is 4.56. The minimum Gasteiger partial charge on any atom is -0.462 e. The van der Waals surface area contributed by atoms with Gasteiger partial charge < -0.3 is 15.0 Å². The summed E-state index contributed by atoms with van der Waals surface area (Å²) >= 11 is 0. The van der Waals surface area contributed by atoms with Crippen LogP contribution in [-0.2, 0) is 11.2 Å². The van der Waals surface area contributed by atoms with Crippen molar-refractivity contribution in [1.29, 1.82) is 0 Å². The van der Waals surface area contributed by atoms with Gasteiger partial charge in [0.1, 0.15) is 18.0 Å². The summed E-state index contributed by atoms with van der Waals surface area (Å²) in [6.45, 7) is 3.43. The van der Waals surface area contributed by atoms with Crippen LogP contribution >= 0.6 is 0 Å². The zero-order chi connectivity index (χ0) is 18.3. The number of hydrogen-bond donors (Lipinski definition) is 1. The van der Waals surface area contributed by atoms with Crippen LogP contribution in [0, 0.1) is 5.82 Å². The highest BCUT2D eigenvalue weighted by molar-refractivity contribution is 5.78. The second-order valence-electron chi connectivity index (χ2n) is 7.78. The third-order valence-electron chi connectivity index (χ3n) is 5.97. The monoisotopic (exact) mass is 365 g/mol. The Bertz CT molecular complexity index is 858. The number of rotatable bonds is 1. The molecular weight excluding hydrogens is 341 g/mol. The SMILES string of the molecule is Fc1ccc([C@H]2c3ccccc3CCN2C2=N[C@]3(CCCNC3)CO2)cc1. The van der Waals surface area contributed by atoms with E-state index in [4.69, 9.17) is 9.73 Å². The minimum atomic E-state index is -0.212. The Morgan fingerprint density at radius 2 is 2.00 bits per heavy atom. The van der Waals surface area contributed by atoms with Crippen LogP contribution in [0.1, 0.15) is 35.6 Å². The van der Waals surface area contributed by atoms with Gasteiger partial charge in [0, 0.05) is 13.1 Å². The highest BCUT2D eigenvalue weighted by atomic mass is 19.1. The molecule has 1 N–H and O–H groups in total. The van der Waals surface area contributed by atoms with E-state index in [1.807, 2.05) is 12.1 Å². The molecule has 2 aromatic carbocycles. The van der Waals surface area contributed by atoms with Crippen LogP contribution in [0.5, 0.6) is 0 Å². The van der Waals surface area contributed by atoms with Crippen LogP contribution in [0.2, 0.25) is 0 Å². The predicted molar refractivity (Wildman–Crippen MR) is 103 cm³/mol. The highest BCUT2D eigenvalue weighted by Gasteiger charge is 2.42. The van der Waals surface area contributed by atoms with Crippen LogP contribution in [0.3, 0.4) is 0 Å². The summed E-state index contributed by atoms with van der Waals surface area (Å²) in [5, 5.41) is 3.46. The lowest BCUT2D eigenvalue weighted by molar-refractivity contribution is 0.186. The van der Waals surface area contributed by atoms with Crippen molar-refractivity contribution in [3.63, 3.8) is 0 Å². The number of ether oxygens (including phenoxy) is 1. The molecule has 5 heteroatoms. The molecule has 5 rings (SSSR count). The van der Waals surface area contributed by atoms with Gasteiger partial charge in [-0.05, 0) is 54.6 Å². The Balaban J connectivity index is 1.55. The highest BCUT2D eigenvalue weighted by Crippen LogP contribution is 2.38. The summed E-state index contributed by atoms with van der Waals surface area (Å²) in [6, 6.07) is 16.1. The van der Waals surface area contributed by atoms with E-state index < -0.39 is 0 Å². The van der Waals surface area contributed by atoms with E-state index in [0.29, 0.717) is 6.61 Å². The third-order valence-corrected chi connectivity index (χ3v) is 5.97. The van der Waals surface area contributed by atoms with E-state index >= 15 is 0 Å². The van der Waals surface area contributed by atoms with Crippen molar-refractivity contribution in [3.05, 3.63) is 71.0 Å². The largest absolute Gasteiger partial charge is 0.462 e. The van der Waals surface area contributed by atoms with Crippen LogP contribution in [0.15, 0.2) is 53.5 Å². The van der Waals surface area contributed by atoms with Gasteiger partial charge in [0.05, 0.1) is 6.04 Å². The molecule has 1 saturated heterocycles. The van der Waals surface area contributed by atoms with Gasteiger partial charge in [0.15, 0.2) is 0 Å². The zero-order valence-corrected chi connectivity index (χ0v) is 15.3. The molecule has 140 valence electrons. The summed E-state index contributed by atoms with van der Waals surface area (Å²) in [5.74, 6) is -0.212. The Labute approximate surface area is 159 Å². The third kappa shape index (κ3) is 3.00. The number of fused-ring (bicyclic) bond motifs is 1. The maximum atomic E-state index is 13.5. The van der Waals surface area contributed by atoms with Crippen molar-refractivity contribution < 1.29 is 9.13 Å². The van der Waals surface area contributed by atoms with Gasteiger partial charge in [-0.25, -0.2) is 9.38 Å². The molecule has 0 amide bonds. The van der Waals surface area contributed by atoms with Crippen LogP contribution < -0.4 is 5.32 Å². The van der Waals surface area contributed by atoms with Crippen molar-refractivity contribution in [1.82, 2.24) is 10.2 Å². The molecule has 3 heterocycles. The van der Waals surface area contributed by atoms with Gasteiger partial charge in [0.25, 0.3) is 6.02 Å². The number of benzene rings is 2. The molecule has 3 aliphatic rings. The molecule has 0 aromatic heterocycles. The lowest BCUT2D eigenvalue weighted by Crippen LogP contribution is -2.45. The lowest BCUT2D eigenvalue weighted by atomic mass is 9.88. The molecule has 0 unspecified atom stereocenters. The first kappa shape index (κ1) is 16.8. The van der Waals surface area contributed by atoms with Gasteiger partial charge >= 0.3 is 0 Å². The number of nitrogens with zero attached hydrogens (tertiary/aromatic N) is 2. The summed E-state index contributed by atoms with van der Waals surface area (Å²) in [4.78, 5) is 7.32.